The SMILES string of the molecule is CCC1=C(C)C(=C(c2[nH]c(C)c(CC)c2C)c2c(C)cc(O)cc2C)N=C1C. The van der Waals surface area contributed by atoms with E-state index in [2.05, 4.69) is 60.4 Å². The number of aromatic hydroxyl groups is 1. The topological polar surface area (TPSA) is 48.4 Å². The van der Waals surface area contributed by atoms with E-state index < -0.39 is 0 Å². The fourth-order valence-corrected chi connectivity index (χ4v) is 4.76. The molecule has 0 radical (unpaired) electrons. The van der Waals surface area contributed by atoms with Gasteiger partial charge in [0.1, 0.15) is 5.75 Å². The van der Waals surface area contributed by atoms with Crippen LogP contribution in [0.3, 0.4) is 0 Å². The van der Waals surface area contributed by atoms with Gasteiger partial charge in [0.2, 0.25) is 0 Å². The van der Waals surface area contributed by atoms with Crippen LogP contribution in [-0.4, -0.2) is 15.8 Å². The van der Waals surface area contributed by atoms with Gasteiger partial charge >= 0.3 is 0 Å². The Labute approximate surface area is 168 Å². The first-order chi connectivity index (χ1) is 13.2. The Morgan fingerprint density at radius 3 is 2.04 bits per heavy atom. The summed E-state index contributed by atoms with van der Waals surface area (Å²) < 4.78 is 0. The first kappa shape index (κ1) is 20.2. The second-order valence-corrected chi connectivity index (χ2v) is 7.91. The van der Waals surface area contributed by atoms with E-state index in [4.69, 9.17) is 4.99 Å². The van der Waals surface area contributed by atoms with E-state index >= 15 is 0 Å². The summed E-state index contributed by atoms with van der Waals surface area (Å²) in [7, 11) is 0. The van der Waals surface area contributed by atoms with Crippen molar-refractivity contribution in [3.63, 3.8) is 0 Å². The minimum absolute atomic E-state index is 0.310. The highest BCUT2D eigenvalue weighted by molar-refractivity contribution is 6.05. The number of nitrogens with one attached hydrogen (secondary N) is 1. The molecule has 2 heterocycles. The van der Waals surface area contributed by atoms with Crippen LogP contribution >= 0.6 is 0 Å². The molecule has 28 heavy (non-hydrogen) atoms. The highest BCUT2D eigenvalue weighted by Gasteiger charge is 2.26. The van der Waals surface area contributed by atoms with Gasteiger partial charge in [-0.1, -0.05) is 13.8 Å². The lowest BCUT2D eigenvalue weighted by Crippen LogP contribution is -2.01. The van der Waals surface area contributed by atoms with Crippen molar-refractivity contribution in [3.8, 4) is 5.75 Å². The average Bonchev–Trinajstić information content (AvgIpc) is 3.05. The summed E-state index contributed by atoms with van der Waals surface area (Å²) in [5, 5.41) is 10.1. The highest BCUT2D eigenvalue weighted by atomic mass is 16.3. The maximum absolute atomic E-state index is 10.1. The molecule has 0 atom stereocenters. The van der Waals surface area contributed by atoms with E-state index in [1.54, 1.807) is 0 Å². The summed E-state index contributed by atoms with van der Waals surface area (Å²) in [4.78, 5) is 8.69. The zero-order valence-electron chi connectivity index (χ0n) is 18.5. The Kier molecular flexibility index (Phi) is 5.38. The molecule has 1 aliphatic rings. The zero-order valence-corrected chi connectivity index (χ0v) is 18.5. The first-order valence-corrected chi connectivity index (χ1v) is 10.2. The first-order valence-electron chi connectivity index (χ1n) is 10.2. The Morgan fingerprint density at radius 1 is 0.964 bits per heavy atom. The van der Waals surface area contributed by atoms with Gasteiger partial charge in [0.25, 0.3) is 0 Å². The molecule has 0 amide bonds. The lowest BCUT2D eigenvalue weighted by molar-refractivity contribution is 0.474. The smallest absolute Gasteiger partial charge is 0.116 e. The number of aliphatic imine (C=N–C) groups is 1. The van der Waals surface area contributed by atoms with Crippen LogP contribution in [0.25, 0.3) is 5.57 Å². The van der Waals surface area contributed by atoms with Crippen molar-refractivity contribution < 1.29 is 5.11 Å². The molecule has 3 heteroatoms. The molecule has 1 aromatic heterocycles. The van der Waals surface area contributed by atoms with Gasteiger partial charge in [-0.05, 0) is 105 Å². The predicted octanol–water partition coefficient (Wildman–Crippen LogP) is 6.48. The molecule has 0 spiro atoms. The number of aromatic amines is 1. The van der Waals surface area contributed by atoms with Gasteiger partial charge in [-0.25, -0.2) is 0 Å². The molecule has 0 bridgehead atoms. The molecule has 3 rings (SSSR count). The van der Waals surface area contributed by atoms with E-state index in [1.165, 1.54) is 28.0 Å². The Balaban J connectivity index is 2.46. The van der Waals surface area contributed by atoms with E-state index in [0.717, 1.165) is 52.2 Å². The number of H-pyrrole nitrogens is 1. The number of benzene rings is 1. The minimum Gasteiger partial charge on any atom is -0.508 e. The maximum atomic E-state index is 10.1. The summed E-state index contributed by atoms with van der Waals surface area (Å²) in [5.74, 6) is 0.310. The van der Waals surface area contributed by atoms with Crippen molar-refractivity contribution >= 4 is 11.3 Å². The quantitative estimate of drug-likeness (QED) is 0.630. The van der Waals surface area contributed by atoms with Crippen molar-refractivity contribution in [1.29, 1.82) is 0 Å². The van der Waals surface area contributed by atoms with Crippen molar-refractivity contribution in [2.45, 2.75) is 68.2 Å². The molecule has 3 nitrogen and oxygen atoms in total. The number of aromatic nitrogens is 1. The molecule has 1 aliphatic heterocycles. The second kappa shape index (κ2) is 7.46. The molecular formula is C25H32N2O. The van der Waals surface area contributed by atoms with Crippen molar-refractivity contribution in [1.82, 2.24) is 4.98 Å². The Bertz CT molecular complexity index is 1020. The fourth-order valence-electron chi connectivity index (χ4n) is 4.76. The zero-order chi connectivity index (χ0) is 20.7. The molecule has 0 fully saturated rings. The highest BCUT2D eigenvalue weighted by Crippen LogP contribution is 2.41. The lowest BCUT2D eigenvalue weighted by atomic mass is 9.88. The molecule has 148 valence electrons. The molecule has 1 aromatic carbocycles. The predicted molar refractivity (Wildman–Crippen MR) is 119 cm³/mol. The second-order valence-electron chi connectivity index (χ2n) is 7.91. The van der Waals surface area contributed by atoms with E-state index in [9.17, 15) is 5.11 Å². The van der Waals surface area contributed by atoms with Gasteiger partial charge in [0.15, 0.2) is 0 Å². The summed E-state index contributed by atoms with van der Waals surface area (Å²) >= 11 is 0. The minimum atomic E-state index is 0.310. The summed E-state index contributed by atoms with van der Waals surface area (Å²) in [6, 6.07) is 3.69. The molecule has 2 N–H and O–H groups in total. The van der Waals surface area contributed by atoms with Gasteiger partial charge in [-0.2, -0.15) is 0 Å². The number of rotatable bonds is 4. The van der Waals surface area contributed by atoms with Crippen LogP contribution in [0.2, 0.25) is 0 Å². The van der Waals surface area contributed by atoms with E-state index in [0.29, 0.717) is 5.75 Å². The fraction of sp³-hybridized carbons (Fsp3) is 0.400. The van der Waals surface area contributed by atoms with Crippen LogP contribution < -0.4 is 0 Å². The largest absolute Gasteiger partial charge is 0.508 e. The van der Waals surface area contributed by atoms with Gasteiger partial charge in [-0.15, -0.1) is 0 Å². The van der Waals surface area contributed by atoms with Crippen molar-refractivity contribution in [3.05, 3.63) is 68.2 Å². The van der Waals surface area contributed by atoms with Crippen LogP contribution in [0.5, 0.6) is 5.75 Å². The van der Waals surface area contributed by atoms with E-state index in [1.807, 2.05) is 12.1 Å². The molecular weight excluding hydrogens is 344 g/mol. The maximum Gasteiger partial charge on any atom is 0.116 e. The molecule has 0 aliphatic carbocycles. The summed E-state index contributed by atoms with van der Waals surface area (Å²) in [6.07, 6.45) is 1.98. The number of phenolic OH excluding ortho intramolecular Hbond substituents is 1. The number of hydrogen-bond acceptors (Lipinski definition) is 2. The van der Waals surface area contributed by atoms with Gasteiger partial charge in [0, 0.05) is 17.0 Å². The van der Waals surface area contributed by atoms with Gasteiger partial charge in [-0.3, -0.25) is 4.99 Å². The van der Waals surface area contributed by atoms with Gasteiger partial charge in [0.05, 0.1) is 11.4 Å². The number of phenols is 1. The standard InChI is InChI=1S/C25H32N2O/c1-9-20-15(5)24(26-17(20)7)23(22-13(3)11-19(28)12-14(22)4)25-16(6)21(10-2)18(8)27-25/h11-12,26,28H,9-10H2,1-8H3. The number of nitrogens with zero attached hydrogens (tertiary/aromatic N) is 1. The van der Waals surface area contributed by atoms with E-state index in [-0.39, 0.29) is 0 Å². The third-order valence-corrected chi connectivity index (χ3v) is 6.08. The third kappa shape index (κ3) is 3.13. The van der Waals surface area contributed by atoms with Crippen LogP contribution in [0.15, 0.2) is 34.0 Å². The molecule has 0 saturated heterocycles. The lowest BCUT2D eigenvalue weighted by Gasteiger charge is -2.18. The van der Waals surface area contributed by atoms with Crippen LogP contribution in [0.4, 0.5) is 0 Å². The number of hydrogen-bond donors (Lipinski definition) is 2. The molecule has 2 aromatic rings. The molecule has 0 saturated carbocycles. The monoisotopic (exact) mass is 376 g/mol. The van der Waals surface area contributed by atoms with Crippen LogP contribution in [-0.2, 0) is 6.42 Å². The normalized spacial score (nSPS) is 16.1. The average molecular weight is 377 g/mol. The summed E-state index contributed by atoms with van der Waals surface area (Å²) in [6.45, 7) is 17.2. The van der Waals surface area contributed by atoms with Crippen LogP contribution in [0.1, 0.15) is 73.3 Å². The Morgan fingerprint density at radius 2 is 1.57 bits per heavy atom. The van der Waals surface area contributed by atoms with Gasteiger partial charge < -0.3 is 10.1 Å². The van der Waals surface area contributed by atoms with Crippen LogP contribution in [0, 0.1) is 27.7 Å². The van der Waals surface area contributed by atoms with Crippen molar-refractivity contribution in [2.75, 3.05) is 0 Å². The summed E-state index contributed by atoms with van der Waals surface area (Å²) in [5.41, 5.74) is 14.2. The van der Waals surface area contributed by atoms with Crippen molar-refractivity contribution in [2.24, 2.45) is 4.99 Å². The number of allylic oxidation sites excluding steroid dienone is 2. The number of aryl methyl sites for hydroxylation is 3. The molecule has 0 unspecified atom stereocenters. The Hall–Kier alpha value is -2.55. The third-order valence-electron chi connectivity index (χ3n) is 6.08.